The number of hydrogen-bond donors (Lipinski definition) is 0. The van der Waals surface area contributed by atoms with E-state index in [2.05, 4.69) is 22.1 Å². The predicted octanol–water partition coefficient (Wildman–Crippen LogP) is 2.77. The Bertz CT molecular complexity index is 999. The van der Waals surface area contributed by atoms with Crippen LogP contribution in [0.2, 0.25) is 0 Å². The van der Waals surface area contributed by atoms with Gasteiger partial charge in [0, 0.05) is 33.1 Å². The molecule has 3 aromatic rings. The summed E-state index contributed by atoms with van der Waals surface area (Å²) >= 11 is 1.52. The van der Waals surface area contributed by atoms with E-state index < -0.39 is 0 Å². The summed E-state index contributed by atoms with van der Waals surface area (Å²) < 4.78 is 11.4. The Balaban J connectivity index is 1.53. The molecular formula is C17H14N6O2S. The zero-order chi connectivity index (χ0) is 18.1. The molecule has 1 fully saturated rings. The first kappa shape index (κ1) is 16.2. The first-order valence-corrected chi connectivity index (χ1v) is 8.90. The number of aromatic nitrogens is 2. The zero-order valence-corrected chi connectivity index (χ0v) is 14.8. The van der Waals surface area contributed by atoms with E-state index in [1.54, 1.807) is 6.92 Å². The highest BCUT2D eigenvalue weighted by atomic mass is 32.1. The highest BCUT2D eigenvalue weighted by Crippen LogP contribution is 2.32. The first-order valence-electron chi connectivity index (χ1n) is 8.02. The van der Waals surface area contributed by atoms with Crippen molar-refractivity contribution >= 4 is 23.1 Å². The maximum atomic E-state index is 9.40. The van der Waals surface area contributed by atoms with E-state index in [1.165, 1.54) is 11.3 Å². The summed E-state index contributed by atoms with van der Waals surface area (Å²) in [6.07, 6.45) is 0. The third kappa shape index (κ3) is 2.79. The van der Waals surface area contributed by atoms with Crippen molar-refractivity contribution in [3.8, 4) is 22.9 Å². The summed E-state index contributed by atoms with van der Waals surface area (Å²) in [6.45, 7) is 4.23. The molecule has 3 aromatic heterocycles. The number of rotatable bonds is 3. The van der Waals surface area contributed by atoms with Crippen molar-refractivity contribution in [2.75, 3.05) is 36.0 Å². The Hall–Kier alpha value is -3.30. The van der Waals surface area contributed by atoms with Crippen LogP contribution >= 0.6 is 11.3 Å². The number of nitriles is 2. The normalized spacial score (nSPS) is 14.3. The van der Waals surface area contributed by atoms with Crippen molar-refractivity contribution in [1.82, 2.24) is 9.97 Å². The third-order valence-electron chi connectivity index (χ3n) is 4.12. The minimum Gasteiger partial charge on any atom is -0.424 e. The molecule has 0 aliphatic carbocycles. The molecule has 0 spiro atoms. The standard InChI is InChI=1S/C17H14N6O2S/c1-11-20-12(9-18)16(24-11)22-4-6-23(7-5-22)17-13(10-19)21-15(25-17)14-3-2-8-26-14/h2-3,8H,4-7H2,1H3. The van der Waals surface area contributed by atoms with Gasteiger partial charge in [-0.1, -0.05) is 6.07 Å². The topological polar surface area (TPSA) is 106 Å². The number of piperazine rings is 1. The Morgan fingerprint density at radius 3 is 2.19 bits per heavy atom. The smallest absolute Gasteiger partial charge is 0.240 e. The molecule has 26 heavy (non-hydrogen) atoms. The number of hydrogen-bond acceptors (Lipinski definition) is 9. The number of aryl methyl sites for hydroxylation is 1. The average Bonchev–Trinajstić information content (AvgIpc) is 3.40. The fraction of sp³-hybridized carbons (Fsp3) is 0.294. The highest BCUT2D eigenvalue weighted by Gasteiger charge is 2.27. The summed E-state index contributed by atoms with van der Waals surface area (Å²) in [5, 5.41) is 20.5. The summed E-state index contributed by atoms with van der Waals surface area (Å²) in [7, 11) is 0. The second kappa shape index (κ2) is 6.54. The van der Waals surface area contributed by atoms with Gasteiger partial charge in [-0.05, 0) is 11.4 Å². The lowest BCUT2D eigenvalue weighted by Crippen LogP contribution is -2.46. The molecule has 0 aromatic carbocycles. The minimum atomic E-state index is 0.287. The van der Waals surface area contributed by atoms with Gasteiger partial charge >= 0.3 is 0 Å². The van der Waals surface area contributed by atoms with Gasteiger partial charge in [0.05, 0.1) is 4.88 Å². The van der Waals surface area contributed by atoms with Gasteiger partial charge in [0.2, 0.25) is 29.0 Å². The predicted molar refractivity (Wildman–Crippen MR) is 94.9 cm³/mol. The van der Waals surface area contributed by atoms with Crippen LogP contribution in [0.5, 0.6) is 0 Å². The molecule has 1 aliphatic rings. The molecule has 0 amide bonds. The molecule has 1 saturated heterocycles. The quantitative estimate of drug-likeness (QED) is 0.696. The van der Waals surface area contributed by atoms with Crippen molar-refractivity contribution in [3.63, 3.8) is 0 Å². The van der Waals surface area contributed by atoms with Gasteiger partial charge in [0.1, 0.15) is 12.1 Å². The number of nitrogens with zero attached hydrogens (tertiary/aromatic N) is 6. The van der Waals surface area contributed by atoms with E-state index in [4.69, 9.17) is 8.83 Å². The van der Waals surface area contributed by atoms with Gasteiger partial charge in [-0.15, -0.1) is 11.3 Å². The van der Waals surface area contributed by atoms with Gasteiger partial charge in [0.15, 0.2) is 5.89 Å². The molecule has 0 radical (unpaired) electrons. The molecule has 130 valence electrons. The van der Waals surface area contributed by atoms with Crippen molar-refractivity contribution < 1.29 is 8.83 Å². The summed E-state index contributed by atoms with van der Waals surface area (Å²) in [6, 6.07) is 8.01. The second-order valence-electron chi connectivity index (χ2n) is 5.73. The monoisotopic (exact) mass is 366 g/mol. The van der Waals surface area contributed by atoms with Crippen molar-refractivity contribution in [2.24, 2.45) is 0 Å². The van der Waals surface area contributed by atoms with Crippen LogP contribution in [-0.4, -0.2) is 36.1 Å². The molecule has 0 atom stereocenters. The van der Waals surface area contributed by atoms with Crippen LogP contribution in [0.4, 0.5) is 11.8 Å². The van der Waals surface area contributed by atoms with Crippen molar-refractivity contribution in [2.45, 2.75) is 6.92 Å². The molecule has 9 heteroatoms. The summed E-state index contributed by atoms with van der Waals surface area (Å²) in [5.74, 6) is 1.93. The highest BCUT2D eigenvalue weighted by molar-refractivity contribution is 7.13. The van der Waals surface area contributed by atoms with Gasteiger partial charge in [0.25, 0.3) is 0 Å². The van der Waals surface area contributed by atoms with Crippen LogP contribution in [0.15, 0.2) is 26.3 Å². The molecule has 0 bridgehead atoms. The maximum absolute atomic E-state index is 9.40. The lowest BCUT2D eigenvalue weighted by molar-refractivity contribution is 0.484. The maximum Gasteiger partial charge on any atom is 0.240 e. The van der Waals surface area contributed by atoms with Crippen molar-refractivity contribution in [3.05, 3.63) is 34.8 Å². The van der Waals surface area contributed by atoms with Crippen LogP contribution < -0.4 is 9.80 Å². The molecule has 4 rings (SSSR count). The van der Waals surface area contributed by atoms with Crippen molar-refractivity contribution in [1.29, 1.82) is 10.5 Å². The van der Waals surface area contributed by atoms with Gasteiger partial charge < -0.3 is 18.6 Å². The third-order valence-corrected chi connectivity index (χ3v) is 4.98. The molecule has 1 aliphatic heterocycles. The van der Waals surface area contributed by atoms with E-state index in [0.717, 1.165) is 4.88 Å². The van der Waals surface area contributed by atoms with Crippen LogP contribution in [0.3, 0.4) is 0 Å². The fourth-order valence-electron chi connectivity index (χ4n) is 2.92. The largest absolute Gasteiger partial charge is 0.424 e. The average molecular weight is 366 g/mol. The molecule has 4 heterocycles. The SMILES string of the molecule is Cc1nc(C#N)c(N2CCN(c3oc(-c4cccs4)nc3C#N)CC2)o1. The van der Waals surface area contributed by atoms with Crippen LogP contribution in [0.25, 0.3) is 10.8 Å². The molecule has 0 saturated carbocycles. The van der Waals surface area contributed by atoms with Gasteiger partial charge in [-0.3, -0.25) is 0 Å². The fourth-order valence-corrected chi connectivity index (χ4v) is 3.57. The summed E-state index contributed by atoms with van der Waals surface area (Å²) in [4.78, 5) is 13.3. The van der Waals surface area contributed by atoms with E-state index in [0.29, 0.717) is 55.4 Å². The Kier molecular flexibility index (Phi) is 4.07. The minimum absolute atomic E-state index is 0.287. The number of thiophene rings is 1. The Morgan fingerprint density at radius 1 is 1.00 bits per heavy atom. The second-order valence-corrected chi connectivity index (χ2v) is 6.68. The molecule has 0 N–H and O–H groups in total. The van der Waals surface area contributed by atoms with Crippen LogP contribution in [-0.2, 0) is 0 Å². The number of anilines is 2. The van der Waals surface area contributed by atoms with Crippen LogP contribution in [0.1, 0.15) is 17.3 Å². The van der Waals surface area contributed by atoms with E-state index in [9.17, 15) is 10.5 Å². The molecular weight excluding hydrogens is 352 g/mol. The lowest BCUT2D eigenvalue weighted by Gasteiger charge is -2.34. The Labute approximate surface area is 153 Å². The first-order chi connectivity index (χ1) is 12.7. The summed E-state index contributed by atoms with van der Waals surface area (Å²) in [5.41, 5.74) is 0.586. The Morgan fingerprint density at radius 2 is 1.62 bits per heavy atom. The molecule has 8 nitrogen and oxygen atoms in total. The number of oxazole rings is 2. The van der Waals surface area contributed by atoms with Gasteiger partial charge in [-0.2, -0.15) is 15.5 Å². The lowest BCUT2D eigenvalue weighted by atomic mass is 10.3. The van der Waals surface area contributed by atoms with E-state index in [-0.39, 0.29) is 5.69 Å². The van der Waals surface area contributed by atoms with Crippen LogP contribution in [0, 0.1) is 29.6 Å². The van der Waals surface area contributed by atoms with E-state index >= 15 is 0 Å². The van der Waals surface area contributed by atoms with Gasteiger partial charge in [-0.25, -0.2) is 4.98 Å². The molecule has 0 unspecified atom stereocenters. The van der Waals surface area contributed by atoms with E-state index in [1.807, 2.05) is 27.3 Å². The zero-order valence-electron chi connectivity index (χ0n) is 14.0.